The summed E-state index contributed by atoms with van der Waals surface area (Å²) in [7, 11) is 0. The number of hydrogen-bond donors (Lipinski definition) is 1. The van der Waals surface area contributed by atoms with Gasteiger partial charge in [-0.05, 0) is 24.1 Å². The molecule has 0 unspecified atom stereocenters. The van der Waals surface area contributed by atoms with Gasteiger partial charge in [0.25, 0.3) is 0 Å². The molecule has 0 radical (unpaired) electrons. The Morgan fingerprint density at radius 2 is 2.11 bits per heavy atom. The van der Waals surface area contributed by atoms with E-state index in [1.165, 1.54) is 4.90 Å². The van der Waals surface area contributed by atoms with Gasteiger partial charge in [-0.2, -0.15) is 0 Å². The Balaban J connectivity index is 2.10. The summed E-state index contributed by atoms with van der Waals surface area (Å²) in [5, 5.41) is 0. The molecule has 1 saturated heterocycles. The van der Waals surface area contributed by atoms with E-state index in [-0.39, 0.29) is 18.6 Å². The zero-order valence-electron chi connectivity index (χ0n) is 10.3. The average molecular weight is 248 g/mol. The molecule has 96 valence electrons. The molecular weight excluding hydrogens is 232 g/mol. The van der Waals surface area contributed by atoms with Crippen molar-refractivity contribution in [2.24, 2.45) is 0 Å². The van der Waals surface area contributed by atoms with Gasteiger partial charge >= 0.3 is 6.09 Å². The first kappa shape index (κ1) is 12.4. The van der Waals surface area contributed by atoms with E-state index in [1.807, 2.05) is 12.1 Å². The highest BCUT2D eigenvalue weighted by molar-refractivity contribution is 5.93. The molecular formula is C13H16N2O3. The molecule has 18 heavy (non-hydrogen) atoms. The summed E-state index contributed by atoms with van der Waals surface area (Å²) in [6, 6.07) is 7.19. The summed E-state index contributed by atoms with van der Waals surface area (Å²) < 4.78 is 4.94. The Morgan fingerprint density at radius 1 is 1.44 bits per heavy atom. The molecule has 1 aromatic carbocycles. The molecule has 1 aliphatic rings. The Morgan fingerprint density at radius 3 is 2.72 bits per heavy atom. The third-order valence-electron chi connectivity index (χ3n) is 2.98. The van der Waals surface area contributed by atoms with Crippen LogP contribution >= 0.6 is 0 Å². The van der Waals surface area contributed by atoms with Gasteiger partial charge in [0.1, 0.15) is 6.61 Å². The number of hydrogen-bond acceptors (Lipinski definition) is 4. The maximum absolute atomic E-state index is 11.7. The van der Waals surface area contributed by atoms with E-state index in [1.54, 1.807) is 19.1 Å². The minimum absolute atomic E-state index is 0.196. The van der Waals surface area contributed by atoms with Crippen LogP contribution in [0.25, 0.3) is 0 Å². The summed E-state index contributed by atoms with van der Waals surface area (Å²) >= 11 is 0. The number of ether oxygens (including phenoxy) is 1. The van der Waals surface area contributed by atoms with Crippen LogP contribution in [-0.2, 0) is 16.0 Å². The molecule has 5 nitrogen and oxygen atoms in total. The number of cyclic esters (lactones) is 1. The highest BCUT2D eigenvalue weighted by Crippen LogP contribution is 2.18. The van der Waals surface area contributed by atoms with E-state index < -0.39 is 6.09 Å². The molecule has 2 rings (SSSR count). The molecule has 1 aromatic rings. The van der Waals surface area contributed by atoms with Crippen molar-refractivity contribution in [2.75, 3.05) is 12.3 Å². The van der Waals surface area contributed by atoms with Gasteiger partial charge in [-0.25, -0.2) is 9.69 Å². The van der Waals surface area contributed by atoms with Crippen LogP contribution in [-0.4, -0.2) is 29.5 Å². The number of benzene rings is 1. The summed E-state index contributed by atoms with van der Waals surface area (Å²) in [6.07, 6.45) is 0.354. The second-order valence-electron chi connectivity index (χ2n) is 4.29. The van der Waals surface area contributed by atoms with Gasteiger partial charge < -0.3 is 10.5 Å². The summed E-state index contributed by atoms with van der Waals surface area (Å²) in [4.78, 5) is 24.4. The maximum atomic E-state index is 11.7. The lowest BCUT2D eigenvalue weighted by atomic mass is 10.1. The van der Waals surface area contributed by atoms with E-state index in [0.29, 0.717) is 18.5 Å². The van der Waals surface area contributed by atoms with Crippen LogP contribution < -0.4 is 5.73 Å². The van der Waals surface area contributed by atoms with Crippen molar-refractivity contribution in [3.8, 4) is 0 Å². The number of rotatable bonds is 3. The van der Waals surface area contributed by atoms with E-state index in [4.69, 9.17) is 10.5 Å². The van der Waals surface area contributed by atoms with Crippen LogP contribution in [0.3, 0.4) is 0 Å². The second kappa shape index (κ2) is 5.08. The van der Waals surface area contributed by atoms with E-state index in [9.17, 15) is 9.59 Å². The topological polar surface area (TPSA) is 72.6 Å². The number of nitrogen functional groups attached to an aromatic ring is 1. The Kier molecular flexibility index (Phi) is 3.50. The highest BCUT2D eigenvalue weighted by Gasteiger charge is 2.36. The molecule has 0 aromatic heterocycles. The molecule has 2 N–H and O–H groups in total. The minimum atomic E-state index is -0.540. The summed E-state index contributed by atoms with van der Waals surface area (Å²) in [5.74, 6) is -0.196. The van der Waals surface area contributed by atoms with Gasteiger partial charge in [-0.1, -0.05) is 19.1 Å². The summed E-state index contributed by atoms with van der Waals surface area (Å²) in [6.45, 7) is 1.99. The average Bonchev–Trinajstić information content (AvgIpc) is 2.72. The fraction of sp³-hybridized carbons (Fsp3) is 0.385. The molecule has 1 aliphatic heterocycles. The van der Waals surface area contributed by atoms with Gasteiger partial charge in [0, 0.05) is 12.1 Å². The number of anilines is 1. The van der Waals surface area contributed by atoms with Gasteiger partial charge in [0.15, 0.2) is 0 Å². The highest BCUT2D eigenvalue weighted by atomic mass is 16.6. The number of amides is 2. The van der Waals surface area contributed by atoms with Crippen molar-refractivity contribution in [1.29, 1.82) is 0 Å². The van der Waals surface area contributed by atoms with Crippen molar-refractivity contribution >= 4 is 17.7 Å². The minimum Gasteiger partial charge on any atom is -0.447 e. The van der Waals surface area contributed by atoms with Gasteiger partial charge in [-0.15, -0.1) is 0 Å². The van der Waals surface area contributed by atoms with Crippen LogP contribution in [0.15, 0.2) is 24.3 Å². The van der Waals surface area contributed by atoms with E-state index >= 15 is 0 Å². The lowest BCUT2D eigenvalue weighted by molar-refractivity contribution is -0.128. The lowest BCUT2D eigenvalue weighted by Crippen LogP contribution is -2.39. The lowest BCUT2D eigenvalue weighted by Gasteiger charge is -2.18. The summed E-state index contributed by atoms with van der Waals surface area (Å²) in [5.41, 5.74) is 7.33. The zero-order chi connectivity index (χ0) is 13.1. The molecule has 0 spiro atoms. The third kappa shape index (κ3) is 2.45. The number of imide groups is 1. The van der Waals surface area contributed by atoms with Crippen molar-refractivity contribution in [1.82, 2.24) is 4.90 Å². The largest absolute Gasteiger partial charge is 0.447 e. The fourth-order valence-electron chi connectivity index (χ4n) is 2.01. The molecule has 0 aliphatic carbocycles. The zero-order valence-corrected chi connectivity index (χ0v) is 10.3. The number of nitrogens with two attached hydrogens (primary N) is 1. The first-order chi connectivity index (χ1) is 8.61. The Hall–Kier alpha value is -2.04. The van der Waals surface area contributed by atoms with Crippen LogP contribution in [0.5, 0.6) is 0 Å². The first-order valence-corrected chi connectivity index (χ1v) is 5.95. The molecule has 1 heterocycles. The van der Waals surface area contributed by atoms with Gasteiger partial charge in [-0.3, -0.25) is 4.79 Å². The van der Waals surface area contributed by atoms with E-state index in [2.05, 4.69) is 0 Å². The monoisotopic (exact) mass is 248 g/mol. The number of nitrogens with zero attached hydrogens (tertiary/aromatic N) is 1. The normalized spacial score (nSPS) is 18.8. The molecule has 1 atom stereocenters. The van der Waals surface area contributed by atoms with Crippen LogP contribution in [0.2, 0.25) is 0 Å². The predicted octanol–water partition coefficient (Wildman–Crippen LogP) is 1.57. The molecule has 0 bridgehead atoms. The van der Waals surface area contributed by atoms with Crippen molar-refractivity contribution in [3.63, 3.8) is 0 Å². The number of carbonyl (C=O) groups is 2. The van der Waals surface area contributed by atoms with Crippen molar-refractivity contribution in [3.05, 3.63) is 29.8 Å². The first-order valence-electron chi connectivity index (χ1n) is 5.95. The molecule has 2 amide bonds. The maximum Gasteiger partial charge on any atom is 0.416 e. The molecule has 1 fully saturated rings. The quantitative estimate of drug-likeness (QED) is 0.824. The standard InChI is InChI=1S/C13H16N2O3/c1-2-12(16)15-11(8-18-13(15)17)7-9-3-5-10(14)6-4-9/h3-6,11H,2,7-8,14H2,1H3/t11-/m1/s1. The smallest absolute Gasteiger partial charge is 0.416 e. The third-order valence-corrected chi connectivity index (χ3v) is 2.98. The van der Waals surface area contributed by atoms with Gasteiger partial charge in [0.05, 0.1) is 6.04 Å². The predicted molar refractivity (Wildman–Crippen MR) is 66.8 cm³/mol. The van der Waals surface area contributed by atoms with Gasteiger partial charge in [0.2, 0.25) is 5.91 Å². The second-order valence-corrected chi connectivity index (χ2v) is 4.29. The van der Waals surface area contributed by atoms with Crippen LogP contribution in [0.1, 0.15) is 18.9 Å². The number of carbonyl (C=O) groups excluding carboxylic acids is 2. The van der Waals surface area contributed by atoms with Crippen LogP contribution in [0.4, 0.5) is 10.5 Å². The molecule has 0 saturated carbocycles. The SMILES string of the molecule is CCC(=O)N1C(=O)OC[C@H]1Cc1ccc(N)cc1. The Bertz CT molecular complexity index is 456. The van der Waals surface area contributed by atoms with E-state index in [0.717, 1.165) is 5.56 Å². The Labute approximate surface area is 106 Å². The van der Waals surface area contributed by atoms with Crippen LogP contribution in [0, 0.1) is 0 Å². The molecule has 5 heteroatoms. The van der Waals surface area contributed by atoms with Crippen molar-refractivity contribution < 1.29 is 14.3 Å². The fourth-order valence-corrected chi connectivity index (χ4v) is 2.01. The van der Waals surface area contributed by atoms with Crippen molar-refractivity contribution in [2.45, 2.75) is 25.8 Å².